The van der Waals surface area contributed by atoms with E-state index in [1.165, 1.54) is 18.4 Å². The van der Waals surface area contributed by atoms with Crippen LogP contribution in [-0.4, -0.2) is 18.1 Å². The topological polar surface area (TPSA) is 16.1 Å². The molecule has 2 nitrogen and oxygen atoms in total. The molecule has 0 radical (unpaired) electrons. The van der Waals surface area contributed by atoms with E-state index in [0.29, 0.717) is 11.9 Å². The van der Waals surface area contributed by atoms with Crippen molar-refractivity contribution in [1.29, 1.82) is 0 Å². The molecule has 0 aromatic carbocycles. The summed E-state index contributed by atoms with van der Waals surface area (Å²) in [4.78, 5) is 6.72. The Hall–Kier alpha value is -0.760. The molecule has 1 aliphatic rings. The second kappa shape index (κ2) is 3.77. The van der Waals surface area contributed by atoms with Crippen molar-refractivity contribution in [3.05, 3.63) is 23.4 Å². The van der Waals surface area contributed by atoms with Crippen LogP contribution in [0.4, 0.5) is 5.82 Å². The van der Waals surface area contributed by atoms with Crippen LogP contribution in [0.25, 0.3) is 0 Å². The third kappa shape index (κ3) is 1.85. The molecule has 0 atom stereocenters. The first-order chi connectivity index (χ1) is 6.72. The first-order valence-corrected chi connectivity index (χ1v) is 5.50. The molecule has 3 heteroatoms. The molecule has 0 aliphatic heterocycles. The molecule has 76 valence electrons. The fourth-order valence-electron chi connectivity index (χ4n) is 1.70. The molecule has 2 rings (SSSR count). The Morgan fingerprint density at radius 1 is 1.57 bits per heavy atom. The van der Waals surface area contributed by atoms with E-state index in [1.54, 1.807) is 0 Å². The van der Waals surface area contributed by atoms with Crippen LogP contribution in [0.1, 0.15) is 24.0 Å². The standard InChI is InChI=1S/C11H15ClN2/c1-8-5-9(6-12)7-13-11(8)14(2)10-3-4-10/h5,7,10H,3-4,6H2,1-2H3. The number of hydrogen-bond donors (Lipinski definition) is 0. The molecule has 1 fully saturated rings. The summed E-state index contributed by atoms with van der Waals surface area (Å²) < 4.78 is 0. The van der Waals surface area contributed by atoms with Crippen molar-refractivity contribution in [2.24, 2.45) is 0 Å². The summed E-state index contributed by atoms with van der Waals surface area (Å²) in [6, 6.07) is 2.83. The van der Waals surface area contributed by atoms with Crippen molar-refractivity contribution < 1.29 is 0 Å². The SMILES string of the molecule is Cc1cc(CCl)cnc1N(C)C1CC1. The zero-order chi connectivity index (χ0) is 10.1. The Bertz CT molecular complexity index is 334. The largest absolute Gasteiger partial charge is 0.356 e. The van der Waals surface area contributed by atoms with Gasteiger partial charge in [-0.25, -0.2) is 4.98 Å². The summed E-state index contributed by atoms with van der Waals surface area (Å²) in [5.41, 5.74) is 2.31. The smallest absolute Gasteiger partial charge is 0.131 e. The van der Waals surface area contributed by atoms with E-state index in [0.717, 1.165) is 11.4 Å². The minimum Gasteiger partial charge on any atom is -0.356 e. The van der Waals surface area contributed by atoms with E-state index in [-0.39, 0.29) is 0 Å². The Morgan fingerprint density at radius 3 is 2.79 bits per heavy atom. The monoisotopic (exact) mass is 210 g/mol. The van der Waals surface area contributed by atoms with Crippen LogP contribution < -0.4 is 4.90 Å². The van der Waals surface area contributed by atoms with Crippen molar-refractivity contribution in [2.75, 3.05) is 11.9 Å². The van der Waals surface area contributed by atoms with Gasteiger partial charge in [-0.3, -0.25) is 0 Å². The maximum Gasteiger partial charge on any atom is 0.131 e. The number of halogens is 1. The number of anilines is 1. The molecule has 1 aliphatic carbocycles. The molecule has 0 unspecified atom stereocenters. The van der Waals surface area contributed by atoms with Gasteiger partial charge in [0.25, 0.3) is 0 Å². The third-order valence-corrected chi connectivity index (χ3v) is 3.00. The van der Waals surface area contributed by atoms with Crippen molar-refractivity contribution >= 4 is 17.4 Å². The van der Waals surface area contributed by atoms with Gasteiger partial charge < -0.3 is 4.90 Å². The van der Waals surface area contributed by atoms with Gasteiger partial charge in [0, 0.05) is 25.2 Å². The summed E-state index contributed by atoms with van der Waals surface area (Å²) >= 11 is 5.75. The molecular formula is C11H15ClN2. The van der Waals surface area contributed by atoms with Gasteiger partial charge in [0.15, 0.2) is 0 Å². The van der Waals surface area contributed by atoms with Gasteiger partial charge >= 0.3 is 0 Å². The van der Waals surface area contributed by atoms with Crippen LogP contribution in [0.2, 0.25) is 0 Å². The Labute approximate surface area is 89.9 Å². The number of alkyl halides is 1. The normalized spacial score (nSPS) is 15.6. The molecule has 1 aromatic rings. The minimum atomic E-state index is 0.543. The highest BCUT2D eigenvalue weighted by Gasteiger charge is 2.27. The van der Waals surface area contributed by atoms with E-state index in [1.807, 2.05) is 6.20 Å². The van der Waals surface area contributed by atoms with Crippen LogP contribution in [0.3, 0.4) is 0 Å². The van der Waals surface area contributed by atoms with Gasteiger partial charge in [-0.05, 0) is 37.0 Å². The molecule has 0 saturated heterocycles. The first kappa shape index (κ1) is 9.78. The van der Waals surface area contributed by atoms with E-state index in [9.17, 15) is 0 Å². The lowest BCUT2D eigenvalue weighted by Crippen LogP contribution is -2.21. The number of rotatable bonds is 3. The Morgan fingerprint density at radius 2 is 2.29 bits per heavy atom. The maximum absolute atomic E-state index is 5.75. The first-order valence-electron chi connectivity index (χ1n) is 4.96. The molecule has 1 heterocycles. The van der Waals surface area contributed by atoms with Crippen LogP contribution in [0.15, 0.2) is 12.3 Å². The van der Waals surface area contributed by atoms with Gasteiger partial charge in [0.05, 0.1) is 0 Å². The van der Waals surface area contributed by atoms with Crippen LogP contribution in [0, 0.1) is 6.92 Å². The summed E-state index contributed by atoms with van der Waals surface area (Å²) in [5.74, 6) is 1.64. The average molecular weight is 211 g/mol. The summed E-state index contributed by atoms with van der Waals surface area (Å²) in [6.07, 6.45) is 4.47. The second-order valence-electron chi connectivity index (χ2n) is 3.96. The van der Waals surface area contributed by atoms with E-state index in [2.05, 4.69) is 29.9 Å². The van der Waals surface area contributed by atoms with Gasteiger partial charge in [-0.1, -0.05) is 0 Å². The van der Waals surface area contributed by atoms with Crippen molar-refractivity contribution in [2.45, 2.75) is 31.7 Å². The number of pyridine rings is 1. The van der Waals surface area contributed by atoms with E-state index >= 15 is 0 Å². The zero-order valence-corrected chi connectivity index (χ0v) is 9.38. The summed E-state index contributed by atoms with van der Waals surface area (Å²) in [6.45, 7) is 2.09. The maximum atomic E-state index is 5.75. The fourth-order valence-corrected chi connectivity index (χ4v) is 1.85. The Balaban J connectivity index is 2.24. The lowest BCUT2D eigenvalue weighted by molar-refractivity contribution is 0.883. The summed E-state index contributed by atoms with van der Waals surface area (Å²) in [7, 11) is 2.12. The average Bonchev–Trinajstić information content (AvgIpc) is 3.00. The lowest BCUT2D eigenvalue weighted by atomic mass is 10.2. The molecule has 0 amide bonds. The van der Waals surface area contributed by atoms with Crippen molar-refractivity contribution in [3.8, 4) is 0 Å². The fraction of sp³-hybridized carbons (Fsp3) is 0.545. The van der Waals surface area contributed by atoms with E-state index in [4.69, 9.17) is 11.6 Å². The highest BCUT2D eigenvalue weighted by Crippen LogP contribution is 2.30. The molecular weight excluding hydrogens is 196 g/mol. The van der Waals surface area contributed by atoms with Crippen LogP contribution >= 0.6 is 11.6 Å². The Kier molecular flexibility index (Phi) is 2.64. The quantitative estimate of drug-likeness (QED) is 0.714. The molecule has 1 saturated carbocycles. The third-order valence-electron chi connectivity index (χ3n) is 2.69. The molecule has 0 bridgehead atoms. The second-order valence-corrected chi connectivity index (χ2v) is 4.23. The highest BCUT2D eigenvalue weighted by molar-refractivity contribution is 6.17. The van der Waals surface area contributed by atoms with Gasteiger partial charge in [-0.2, -0.15) is 0 Å². The van der Waals surface area contributed by atoms with Crippen molar-refractivity contribution in [3.63, 3.8) is 0 Å². The number of aromatic nitrogens is 1. The van der Waals surface area contributed by atoms with Gasteiger partial charge in [-0.15, -0.1) is 11.6 Å². The molecule has 1 aromatic heterocycles. The predicted molar refractivity (Wildman–Crippen MR) is 60.0 cm³/mol. The van der Waals surface area contributed by atoms with Crippen LogP contribution in [-0.2, 0) is 5.88 Å². The zero-order valence-electron chi connectivity index (χ0n) is 8.63. The summed E-state index contributed by atoms with van der Waals surface area (Å²) in [5, 5.41) is 0. The van der Waals surface area contributed by atoms with Crippen LogP contribution in [0.5, 0.6) is 0 Å². The molecule has 14 heavy (non-hydrogen) atoms. The van der Waals surface area contributed by atoms with Gasteiger partial charge in [0.1, 0.15) is 5.82 Å². The molecule has 0 spiro atoms. The van der Waals surface area contributed by atoms with Gasteiger partial charge in [0.2, 0.25) is 0 Å². The molecule has 0 N–H and O–H groups in total. The number of hydrogen-bond acceptors (Lipinski definition) is 2. The number of nitrogens with zero attached hydrogens (tertiary/aromatic N) is 2. The minimum absolute atomic E-state index is 0.543. The number of aryl methyl sites for hydroxylation is 1. The predicted octanol–water partition coefficient (Wildman–Crippen LogP) is 2.73. The highest BCUT2D eigenvalue weighted by atomic mass is 35.5. The lowest BCUT2D eigenvalue weighted by Gasteiger charge is -2.19. The van der Waals surface area contributed by atoms with E-state index < -0.39 is 0 Å². The van der Waals surface area contributed by atoms with Crippen molar-refractivity contribution in [1.82, 2.24) is 4.98 Å².